The van der Waals surface area contributed by atoms with E-state index in [1.807, 2.05) is 0 Å². The highest BCUT2D eigenvalue weighted by atomic mass is 16.6. The summed E-state index contributed by atoms with van der Waals surface area (Å²) in [5, 5.41) is 15.3. The van der Waals surface area contributed by atoms with Gasteiger partial charge in [-0.1, -0.05) is 12.1 Å². The minimum absolute atomic E-state index is 0.0321. The number of ether oxygens (including phenoxy) is 3. The van der Waals surface area contributed by atoms with Crippen molar-refractivity contribution in [1.29, 1.82) is 0 Å². The van der Waals surface area contributed by atoms with Crippen LogP contribution in [0.25, 0.3) is 0 Å². The molecule has 2 aromatic rings. The Morgan fingerprint density at radius 1 is 0.956 bits per heavy atom. The Kier molecular flexibility index (Phi) is 12.1. The number of carbonyl (C=O) groups excluding carboxylic acids is 5. The van der Waals surface area contributed by atoms with Crippen molar-refractivity contribution in [3.63, 3.8) is 0 Å². The Morgan fingerprint density at radius 3 is 2.00 bits per heavy atom. The Hall–Kier alpha value is -5.08. The van der Waals surface area contributed by atoms with Crippen molar-refractivity contribution in [2.75, 3.05) is 18.6 Å². The largest absolute Gasteiger partial charge is 0.465 e. The zero-order chi connectivity index (χ0) is 34.2. The first kappa shape index (κ1) is 36.1. The molecule has 0 aliphatic rings. The van der Waals surface area contributed by atoms with Gasteiger partial charge in [0.25, 0.3) is 5.69 Å². The van der Waals surface area contributed by atoms with Gasteiger partial charge in [0.1, 0.15) is 11.5 Å². The maximum atomic E-state index is 14.2. The van der Waals surface area contributed by atoms with E-state index < -0.39 is 52.1 Å². The molecule has 0 fully saturated rings. The molecule has 45 heavy (non-hydrogen) atoms. The summed E-state index contributed by atoms with van der Waals surface area (Å²) in [6.07, 6.45) is -0.914. The fourth-order valence-corrected chi connectivity index (χ4v) is 4.65. The third kappa shape index (κ3) is 8.97. The van der Waals surface area contributed by atoms with Gasteiger partial charge in [-0.25, -0.2) is 15.0 Å². The van der Waals surface area contributed by atoms with E-state index in [-0.39, 0.29) is 52.7 Å². The van der Waals surface area contributed by atoms with Crippen LogP contribution >= 0.6 is 0 Å². The molecular formula is C30H39N5O10. The molecule has 15 nitrogen and oxygen atoms in total. The molecule has 0 aliphatic carbocycles. The van der Waals surface area contributed by atoms with Crippen LogP contribution in [0.1, 0.15) is 92.1 Å². The molecule has 0 saturated heterocycles. The second kappa shape index (κ2) is 15.1. The molecule has 244 valence electrons. The highest BCUT2D eigenvalue weighted by Gasteiger charge is 2.40. The van der Waals surface area contributed by atoms with E-state index >= 15 is 0 Å². The number of Topliss-reactive ketones (excluding diaryl/α,β-unsaturated/α-hetero) is 1. The number of nitro benzene ring substituents is 1. The number of hydrogen-bond acceptors (Lipinski definition) is 11. The Balaban J connectivity index is 2.74. The third-order valence-corrected chi connectivity index (χ3v) is 6.49. The van der Waals surface area contributed by atoms with Gasteiger partial charge in [-0.2, -0.15) is 5.10 Å². The summed E-state index contributed by atoms with van der Waals surface area (Å²) in [6, 6.07) is 4.96. The summed E-state index contributed by atoms with van der Waals surface area (Å²) in [5.41, 5.74) is 4.32. The van der Waals surface area contributed by atoms with E-state index in [1.54, 1.807) is 34.6 Å². The van der Waals surface area contributed by atoms with E-state index in [2.05, 4.69) is 16.0 Å². The van der Waals surface area contributed by atoms with Crippen LogP contribution < -0.4 is 10.9 Å². The summed E-state index contributed by atoms with van der Waals surface area (Å²) in [5.74, 6) is -5.78. The van der Waals surface area contributed by atoms with Crippen LogP contribution in [0.5, 0.6) is 0 Å². The van der Waals surface area contributed by atoms with Crippen molar-refractivity contribution in [3.8, 4) is 0 Å². The first-order valence-electron chi connectivity index (χ1n) is 14.1. The lowest BCUT2D eigenvalue weighted by Crippen LogP contribution is -2.41. The SMILES string of the molecule is CCOC(=O)c1c(C(C)=O)c(C)n(NC(=O)C(c2ccc([N+](=O)[O-])cc2)C(C(=O)OCC)/C(C)=N/NC(=O)OC(C)(C)C)c1C. The number of ketones is 1. The lowest BCUT2D eigenvalue weighted by Gasteiger charge is -2.26. The van der Waals surface area contributed by atoms with E-state index in [0.29, 0.717) is 0 Å². The number of esters is 2. The number of amides is 2. The number of rotatable bonds is 12. The standard InChI is InChI=1S/C30H39N5O10/c1-10-43-27(38)22(16(3)31-32-29(40)45-30(7,8)9)25(20-12-14-21(15-13-20)35(41)42)26(37)33-34-17(4)23(19(6)36)24(18(34)5)28(39)44-11-2/h12-15,22,25H,10-11H2,1-9H3,(H,32,40)(H,33,37)/b31-16+. The average molecular weight is 630 g/mol. The number of nitrogens with zero attached hydrogens (tertiary/aromatic N) is 3. The number of carbonyl (C=O) groups is 5. The van der Waals surface area contributed by atoms with Crippen LogP contribution in [-0.4, -0.2) is 63.8 Å². The second-order valence-corrected chi connectivity index (χ2v) is 10.9. The monoisotopic (exact) mass is 629 g/mol. The highest BCUT2D eigenvalue weighted by Crippen LogP contribution is 2.31. The molecule has 2 N–H and O–H groups in total. The van der Waals surface area contributed by atoms with Gasteiger partial charge >= 0.3 is 18.0 Å². The molecule has 1 heterocycles. The van der Waals surface area contributed by atoms with E-state index in [0.717, 1.165) is 0 Å². The summed E-state index contributed by atoms with van der Waals surface area (Å²) in [4.78, 5) is 75.9. The van der Waals surface area contributed by atoms with Gasteiger partial charge in [0, 0.05) is 17.8 Å². The fraction of sp³-hybridized carbons (Fsp3) is 0.467. The normalized spacial score (nSPS) is 12.9. The lowest BCUT2D eigenvalue weighted by molar-refractivity contribution is -0.384. The first-order chi connectivity index (χ1) is 20.9. The van der Waals surface area contributed by atoms with E-state index in [9.17, 15) is 34.1 Å². The minimum atomic E-state index is -1.45. The van der Waals surface area contributed by atoms with Crippen LogP contribution in [0.2, 0.25) is 0 Å². The average Bonchev–Trinajstić information content (AvgIpc) is 3.19. The number of nitro groups is 1. The van der Waals surface area contributed by atoms with Gasteiger partial charge in [-0.3, -0.25) is 34.6 Å². The molecule has 2 unspecified atom stereocenters. The van der Waals surface area contributed by atoms with Crippen molar-refractivity contribution < 1.29 is 43.1 Å². The van der Waals surface area contributed by atoms with Gasteiger partial charge in [0.2, 0.25) is 5.91 Å². The molecule has 2 atom stereocenters. The van der Waals surface area contributed by atoms with Crippen molar-refractivity contribution >= 4 is 41.1 Å². The molecular weight excluding hydrogens is 590 g/mol. The highest BCUT2D eigenvalue weighted by molar-refractivity contribution is 6.09. The van der Waals surface area contributed by atoms with E-state index in [1.165, 1.54) is 56.6 Å². The van der Waals surface area contributed by atoms with Crippen LogP contribution in [0, 0.1) is 29.9 Å². The van der Waals surface area contributed by atoms with Crippen LogP contribution in [0.15, 0.2) is 29.4 Å². The number of aromatic nitrogens is 1. The Labute approximate surface area is 260 Å². The number of non-ortho nitro benzene ring substituents is 1. The second-order valence-electron chi connectivity index (χ2n) is 10.9. The van der Waals surface area contributed by atoms with E-state index in [4.69, 9.17) is 14.2 Å². The number of nitrogens with one attached hydrogen (secondary N) is 2. The van der Waals surface area contributed by atoms with Gasteiger partial charge in [-0.15, -0.1) is 0 Å². The molecule has 15 heteroatoms. The van der Waals surface area contributed by atoms with Gasteiger partial charge in [-0.05, 0) is 67.9 Å². The predicted octanol–water partition coefficient (Wildman–Crippen LogP) is 4.33. The van der Waals surface area contributed by atoms with Gasteiger partial charge < -0.3 is 14.2 Å². The van der Waals surface area contributed by atoms with Crippen LogP contribution in [0.4, 0.5) is 10.5 Å². The number of hydrazone groups is 1. The van der Waals surface area contributed by atoms with Crippen molar-refractivity contribution in [2.45, 2.75) is 73.8 Å². The minimum Gasteiger partial charge on any atom is -0.465 e. The Morgan fingerprint density at radius 2 is 1.51 bits per heavy atom. The quantitative estimate of drug-likeness (QED) is 0.0851. The molecule has 2 amide bonds. The Bertz CT molecular complexity index is 1500. The van der Waals surface area contributed by atoms with Crippen LogP contribution in [0.3, 0.4) is 0 Å². The maximum absolute atomic E-state index is 14.2. The molecule has 0 aliphatic heterocycles. The number of benzene rings is 1. The third-order valence-electron chi connectivity index (χ3n) is 6.49. The zero-order valence-electron chi connectivity index (χ0n) is 26.8. The molecule has 0 saturated carbocycles. The summed E-state index contributed by atoms with van der Waals surface area (Å²) >= 11 is 0. The zero-order valence-corrected chi connectivity index (χ0v) is 26.8. The molecule has 0 spiro atoms. The number of hydrogen-bond donors (Lipinski definition) is 2. The van der Waals surface area contributed by atoms with Gasteiger partial charge in [0.05, 0.1) is 46.6 Å². The summed E-state index contributed by atoms with van der Waals surface area (Å²) in [7, 11) is 0. The summed E-state index contributed by atoms with van der Waals surface area (Å²) in [6.45, 7) is 13.8. The van der Waals surface area contributed by atoms with Crippen molar-refractivity contribution in [1.82, 2.24) is 10.1 Å². The van der Waals surface area contributed by atoms with Gasteiger partial charge in [0.15, 0.2) is 5.78 Å². The predicted molar refractivity (Wildman–Crippen MR) is 163 cm³/mol. The molecule has 1 aromatic carbocycles. The smallest absolute Gasteiger partial charge is 0.428 e. The molecule has 0 bridgehead atoms. The first-order valence-corrected chi connectivity index (χ1v) is 14.1. The topological polar surface area (TPSA) is 198 Å². The van der Waals surface area contributed by atoms with Crippen molar-refractivity contribution in [3.05, 3.63) is 62.5 Å². The maximum Gasteiger partial charge on any atom is 0.428 e. The van der Waals surface area contributed by atoms with Crippen molar-refractivity contribution in [2.24, 2.45) is 11.0 Å². The molecule has 2 rings (SSSR count). The lowest BCUT2D eigenvalue weighted by atomic mass is 9.82. The molecule has 0 radical (unpaired) electrons. The summed E-state index contributed by atoms with van der Waals surface area (Å²) < 4.78 is 16.8. The van der Waals surface area contributed by atoms with Crippen LogP contribution in [-0.2, 0) is 23.8 Å². The molecule has 1 aromatic heterocycles. The fourth-order valence-electron chi connectivity index (χ4n) is 4.65.